The van der Waals surface area contributed by atoms with E-state index >= 15 is 0 Å². The maximum absolute atomic E-state index is 12.7. The highest BCUT2D eigenvalue weighted by Gasteiger charge is 2.27. The first-order valence-electron chi connectivity index (χ1n) is 9.23. The van der Waals surface area contributed by atoms with Gasteiger partial charge in [0.1, 0.15) is 5.82 Å². The van der Waals surface area contributed by atoms with Crippen LogP contribution in [-0.2, 0) is 11.3 Å². The molecular weight excluding hydrogens is 378 g/mol. The summed E-state index contributed by atoms with van der Waals surface area (Å²) in [4.78, 5) is 20.9. The molecule has 2 aromatic heterocycles. The first-order chi connectivity index (χ1) is 13.1. The fourth-order valence-electron chi connectivity index (χ4n) is 3.68. The van der Waals surface area contributed by atoms with Gasteiger partial charge in [-0.25, -0.2) is 4.98 Å². The Balaban J connectivity index is 1.46. The number of nitrogens with one attached hydrogen (secondary N) is 1. The number of hydrogen-bond acceptors (Lipinski definition) is 4. The minimum atomic E-state index is -0.0296. The lowest BCUT2D eigenvalue weighted by Gasteiger charge is -2.33. The van der Waals surface area contributed by atoms with Crippen LogP contribution in [0.5, 0.6) is 0 Å². The van der Waals surface area contributed by atoms with Crippen molar-refractivity contribution in [2.75, 3.05) is 18.0 Å². The molecule has 0 radical (unpaired) electrons. The minimum absolute atomic E-state index is 0.0296. The first kappa shape index (κ1) is 18.3. The van der Waals surface area contributed by atoms with Crippen molar-refractivity contribution in [1.29, 1.82) is 0 Å². The molecule has 0 saturated carbocycles. The lowest BCUT2D eigenvalue weighted by atomic mass is 9.96. The van der Waals surface area contributed by atoms with Gasteiger partial charge in [-0.1, -0.05) is 29.8 Å². The van der Waals surface area contributed by atoms with Crippen LogP contribution in [0.15, 0.2) is 42.6 Å². The summed E-state index contributed by atoms with van der Waals surface area (Å²) in [5, 5.41) is 4.93. The van der Waals surface area contributed by atoms with Gasteiger partial charge in [-0.3, -0.25) is 4.79 Å². The molecule has 3 heterocycles. The maximum Gasteiger partial charge on any atom is 0.225 e. The van der Waals surface area contributed by atoms with Crippen LogP contribution in [0.2, 0.25) is 5.02 Å². The van der Waals surface area contributed by atoms with E-state index in [-0.39, 0.29) is 11.8 Å². The Morgan fingerprint density at radius 1 is 1.37 bits per heavy atom. The summed E-state index contributed by atoms with van der Waals surface area (Å²) >= 11 is 7.97. The zero-order valence-corrected chi connectivity index (χ0v) is 16.8. The van der Waals surface area contributed by atoms with Crippen LogP contribution in [0.4, 0.5) is 5.82 Å². The minimum Gasteiger partial charge on any atom is -0.355 e. The van der Waals surface area contributed by atoms with Gasteiger partial charge < -0.3 is 10.2 Å². The summed E-state index contributed by atoms with van der Waals surface area (Å²) in [6.07, 6.45) is 3.77. The summed E-state index contributed by atoms with van der Waals surface area (Å²) in [7, 11) is 0. The molecule has 1 amide bonds. The van der Waals surface area contributed by atoms with Gasteiger partial charge in [0, 0.05) is 45.8 Å². The fourth-order valence-corrected chi connectivity index (χ4v) is 4.80. The Bertz CT molecular complexity index is 971. The molecule has 1 atom stereocenters. The second-order valence-corrected chi connectivity index (χ2v) is 8.69. The van der Waals surface area contributed by atoms with E-state index in [1.165, 1.54) is 15.0 Å². The predicted molar refractivity (Wildman–Crippen MR) is 113 cm³/mol. The lowest BCUT2D eigenvalue weighted by Crippen LogP contribution is -2.43. The fraction of sp³-hybridized carbons (Fsp3) is 0.333. The number of benzene rings is 1. The van der Waals surface area contributed by atoms with Crippen LogP contribution >= 0.6 is 22.9 Å². The van der Waals surface area contributed by atoms with Gasteiger partial charge in [0.05, 0.1) is 5.92 Å². The number of pyridine rings is 1. The van der Waals surface area contributed by atoms with Gasteiger partial charge in [0.25, 0.3) is 0 Å². The number of carbonyl (C=O) groups is 1. The molecule has 0 unspecified atom stereocenters. The van der Waals surface area contributed by atoms with E-state index in [4.69, 9.17) is 11.6 Å². The number of rotatable bonds is 4. The lowest BCUT2D eigenvalue weighted by molar-refractivity contribution is -0.125. The number of amides is 1. The molecule has 0 aliphatic carbocycles. The van der Waals surface area contributed by atoms with Crippen LogP contribution in [-0.4, -0.2) is 24.0 Å². The van der Waals surface area contributed by atoms with Crippen molar-refractivity contribution >= 4 is 44.7 Å². The Hall–Kier alpha value is -2.11. The third kappa shape index (κ3) is 3.94. The molecule has 0 spiro atoms. The number of halogens is 1. The smallest absolute Gasteiger partial charge is 0.225 e. The highest BCUT2D eigenvalue weighted by atomic mass is 35.5. The van der Waals surface area contributed by atoms with E-state index in [2.05, 4.69) is 34.3 Å². The topological polar surface area (TPSA) is 45.2 Å². The van der Waals surface area contributed by atoms with E-state index in [0.29, 0.717) is 18.1 Å². The normalized spacial score (nSPS) is 17.3. The molecule has 1 saturated heterocycles. The molecule has 140 valence electrons. The molecule has 1 N–H and O–H groups in total. The molecule has 1 fully saturated rings. The van der Waals surface area contributed by atoms with E-state index in [1.807, 2.05) is 30.5 Å². The molecular formula is C21H22ClN3OS. The molecule has 1 aliphatic heterocycles. The van der Waals surface area contributed by atoms with Crippen LogP contribution < -0.4 is 10.2 Å². The van der Waals surface area contributed by atoms with Crippen molar-refractivity contribution < 1.29 is 4.79 Å². The van der Waals surface area contributed by atoms with Crippen LogP contribution in [0.3, 0.4) is 0 Å². The van der Waals surface area contributed by atoms with Gasteiger partial charge in [-0.15, -0.1) is 11.3 Å². The van der Waals surface area contributed by atoms with Gasteiger partial charge in [0.2, 0.25) is 5.91 Å². The number of aryl methyl sites for hydroxylation is 1. The second kappa shape index (κ2) is 7.87. The largest absolute Gasteiger partial charge is 0.355 e. The molecule has 6 heteroatoms. The van der Waals surface area contributed by atoms with E-state index in [1.54, 1.807) is 11.3 Å². The first-order valence-corrected chi connectivity index (χ1v) is 10.4. The van der Waals surface area contributed by atoms with E-state index in [0.717, 1.165) is 30.8 Å². The summed E-state index contributed by atoms with van der Waals surface area (Å²) < 4.78 is 1.25. The Morgan fingerprint density at radius 2 is 2.22 bits per heavy atom. The Labute approximate surface area is 168 Å². The summed E-state index contributed by atoms with van der Waals surface area (Å²) in [5.41, 5.74) is 0.945. The molecule has 27 heavy (non-hydrogen) atoms. The summed E-state index contributed by atoms with van der Waals surface area (Å²) in [6.45, 7) is 4.23. The number of hydrogen-bond donors (Lipinski definition) is 1. The van der Waals surface area contributed by atoms with Crippen LogP contribution in [0.1, 0.15) is 23.3 Å². The van der Waals surface area contributed by atoms with Gasteiger partial charge in [0.15, 0.2) is 0 Å². The third-order valence-electron chi connectivity index (χ3n) is 5.05. The number of carbonyl (C=O) groups excluding carboxylic acids is 1. The molecule has 1 aliphatic rings. The number of aromatic nitrogens is 1. The second-order valence-electron chi connectivity index (χ2n) is 7.00. The number of fused-ring (bicyclic) bond motifs is 1. The van der Waals surface area contributed by atoms with Gasteiger partial charge >= 0.3 is 0 Å². The Kier molecular flexibility index (Phi) is 5.32. The predicted octanol–water partition coefficient (Wildman–Crippen LogP) is 4.79. The quantitative estimate of drug-likeness (QED) is 0.685. The maximum atomic E-state index is 12.7. The third-order valence-corrected chi connectivity index (χ3v) is 6.43. The average Bonchev–Trinajstić information content (AvgIpc) is 3.07. The molecule has 4 rings (SSSR count). The van der Waals surface area contributed by atoms with Crippen LogP contribution in [0, 0.1) is 12.8 Å². The number of nitrogens with zero attached hydrogens (tertiary/aromatic N) is 2. The van der Waals surface area contributed by atoms with Crippen molar-refractivity contribution in [3.05, 3.63) is 58.1 Å². The summed E-state index contributed by atoms with van der Waals surface area (Å²) in [5.74, 6) is 1.06. The monoisotopic (exact) mass is 399 g/mol. The SMILES string of the molecule is Cc1cc2c(N3CCC[C@@H](C(=O)NCc4ccccc4Cl)C3)nccc2s1. The molecule has 4 nitrogen and oxygen atoms in total. The zero-order chi connectivity index (χ0) is 18.8. The van der Waals surface area contributed by atoms with E-state index in [9.17, 15) is 4.79 Å². The molecule has 3 aromatic rings. The highest BCUT2D eigenvalue weighted by molar-refractivity contribution is 7.19. The number of piperidine rings is 1. The Morgan fingerprint density at radius 3 is 3.07 bits per heavy atom. The number of thiophene rings is 1. The standard InChI is InChI=1S/C21H22ClN3OS/c1-14-11-17-19(27-14)8-9-23-20(17)25-10-4-6-16(13-25)21(26)24-12-15-5-2-3-7-18(15)22/h2-3,5,7-9,11,16H,4,6,10,12-13H2,1H3,(H,24,26)/t16-/m1/s1. The van der Waals surface area contributed by atoms with E-state index < -0.39 is 0 Å². The van der Waals surface area contributed by atoms with Crippen molar-refractivity contribution in [2.24, 2.45) is 5.92 Å². The average molecular weight is 400 g/mol. The molecule has 1 aromatic carbocycles. The number of anilines is 1. The van der Waals surface area contributed by atoms with Crippen LogP contribution in [0.25, 0.3) is 10.1 Å². The highest BCUT2D eigenvalue weighted by Crippen LogP contribution is 2.33. The zero-order valence-electron chi connectivity index (χ0n) is 15.2. The van der Waals surface area contributed by atoms with Gasteiger partial charge in [-0.2, -0.15) is 0 Å². The summed E-state index contributed by atoms with van der Waals surface area (Å²) in [6, 6.07) is 11.9. The van der Waals surface area contributed by atoms with Crippen molar-refractivity contribution in [1.82, 2.24) is 10.3 Å². The van der Waals surface area contributed by atoms with Gasteiger partial charge in [-0.05, 0) is 43.5 Å². The molecule has 0 bridgehead atoms. The van der Waals surface area contributed by atoms with Crippen molar-refractivity contribution in [3.8, 4) is 0 Å². The van der Waals surface area contributed by atoms with Crippen molar-refractivity contribution in [2.45, 2.75) is 26.3 Å². The van der Waals surface area contributed by atoms with Crippen molar-refractivity contribution in [3.63, 3.8) is 0 Å².